The Morgan fingerprint density at radius 3 is 2.24 bits per heavy atom. The van der Waals surface area contributed by atoms with Crippen molar-refractivity contribution in [1.82, 2.24) is 19.0 Å². The summed E-state index contributed by atoms with van der Waals surface area (Å²) in [6, 6.07) is 7.72. The molecule has 0 amide bonds. The van der Waals surface area contributed by atoms with E-state index in [9.17, 15) is 26.4 Å². The molecule has 2 heterocycles. The van der Waals surface area contributed by atoms with E-state index in [-0.39, 0.29) is 49.4 Å². The molecule has 180 valence electrons. The van der Waals surface area contributed by atoms with Crippen molar-refractivity contribution in [2.45, 2.75) is 56.3 Å². The van der Waals surface area contributed by atoms with Crippen LogP contribution < -0.4 is 5.56 Å². The molecule has 0 atom stereocenters. The van der Waals surface area contributed by atoms with Gasteiger partial charge < -0.3 is 0 Å². The summed E-state index contributed by atoms with van der Waals surface area (Å²) in [6.07, 6.45) is -1.37. The highest BCUT2D eigenvalue weighted by Crippen LogP contribution is 2.40. The van der Waals surface area contributed by atoms with Gasteiger partial charge in [0.25, 0.3) is 5.56 Å². The Hall–Kier alpha value is -2.24. The maximum absolute atomic E-state index is 13.4. The molecule has 1 saturated heterocycles. The Morgan fingerprint density at radius 1 is 1.06 bits per heavy atom. The van der Waals surface area contributed by atoms with Gasteiger partial charge in [0.05, 0.1) is 17.3 Å². The van der Waals surface area contributed by atoms with Gasteiger partial charge in [-0.1, -0.05) is 25.5 Å². The van der Waals surface area contributed by atoms with E-state index >= 15 is 0 Å². The van der Waals surface area contributed by atoms with Gasteiger partial charge in [-0.2, -0.15) is 22.6 Å². The zero-order valence-corrected chi connectivity index (χ0v) is 19.2. The molecular weight excluding hydrogens is 457 g/mol. The summed E-state index contributed by atoms with van der Waals surface area (Å²) in [4.78, 5) is 14.4. The SMILES string of the molecule is CCCc1ccc(S(=O)(=O)N2CCN(Cn3nc(C4CC4)cc(C(F)(F)F)c3=O)CC2)cc1. The van der Waals surface area contributed by atoms with Crippen molar-refractivity contribution >= 4 is 10.0 Å². The Morgan fingerprint density at radius 2 is 1.70 bits per heavy atom. The first-order chi connectivity index (χ1) is 15.6. The molecule has 4 rings (SSSR count). The Kier molecular flexibility index (Phi) is 6.66. The Balaban J connectivity index is 1.45. The fraction of sp³-hybridized carbons (Fsp3) is 0.545. The van der Waals surface area contributed by atoms with Gasteiger partial charge in [-0.15, -0.1) is 0 Å². The maximum atomic E-state index is 13.4. The third-order valence-corrected chi connectivity index (χ3v) is 7.97. The number of hydrogen-bond acceptors (Lipinski definition) is 5. The van der Waals surface area contributed by atoms with Crippen molar-refractivity contribution in [1.29, 1.82) is 0 Å². The normalized spacial score (nSPS) is 18.5. The minimum absolute atomic E-state index is 0.0383. The summed E-state index contributed by atoms with van der Waals surface area (Å²) < 4.78 is 68.2. The van der Waals surface area contributed by atoms with Crippen molar-refractivity contribution in [3.8, 4) is 0 Å². The quantitative estimate of drug-likeness (QED) is 0.604. The zero-order valence-electron chi connectivity index (χ0n) is 18.4. The highest BCUT2D eigenvalue weighted by molar-refractivity contribution is 7.89. The van der Waals surface area contributed by atoms with Crippen molar-refractivity contribution in [3.05, 3.63) is 57.5 Å². The minimum Gasteiger partial charge on any atom is -0.282 e. The predicted molar refractivity (Wildman–Crippen MR) is 116 cm³/mol. The topological polar surface area (TPSA) is 75.5 Å². The maximum Gasteiger partial charge on any atom is 0.421 e. The number of sulfonamides is 1. The summed E-state index contributed by atoms with van der Waals surface area (Å²) in [5, 5.41) is 4.17. The number of hydrogen-bond donors (Lipinski definition) is 0. The number of nitrogens with zero attached hydrogens (tertiary/aromatic N) is 4. The number of halogens is 3. The highest BCUT2D eigenvalue weighted by atomic mass is 32.2. The van der Waals surface area contributed by atoms with Crippen LogP contribution in [0, 0.1) is 0 Å². The van der Waals surface area contributed by atoms with Gasteiger partial charge in [0, 0.05) is 32.1 Å². The van der Waals surface area contributed by atoms with Crippen molar-refractivity contribution < 1.29 is 21.6 Å². The van der Waals surface area contributed by atoms with Gasteiger partial charge in [0.15, 0.2) is 0 Å². The van der Waals surface area contributed by atoms with Gasteiger partial charge in [-0.3, -0.25) is 9.69 Å². The average molecular weight is 485 g/mol. The van der Waals surface area contributed by atoms with E-state index < -0.39 is 27.3 Å². The lowest BCUT2D eigenvalue weighted by Gasteiger charge is -2.34. The average Bonchev–Trinajstić information content (AvgIpc) is 3.61. The molecule has 0 N–H and O–H groups in total. The lowest BCUT2D eigenvalue weighted by atomic mass is 10.1. The van der Waals surface area contributed by atoms with Crippen LogP contribution in [0.25, 0.3) is 0 Å². The van der Waals surface area contributed by atoms with E-state index in [1.807, 2.05) is 12.1 Å². The fourth-order valence-electron chi connectivity index (χ4n) is 4.01. The summed E-state index contributed by atoms with van der Waals surface area (Å²) in [5.41, 5.74) is -1.01. The van der Waals surface area contributed by atoms with E-state index in [1.54, 1.807) is 17.0 Å². The van der Waals surface area contributed by atoms with E-state index in [1.165, 1.54) is 4.31 Å². The van der Waals surface area contributed by atoms with Crippen LogP contribution in [0.5, 0.6) is 0 Å². The van der Waals surface area contributed by atoms with Gasteiger partial charge in [0.2, 0.25) is 10.0 Å². The molecule has 1 aliphatic heterocycles. The molecule has 7 nitrogen and oxygen atoms in total. The predicted octanol–water partition coefficient (Wildman–Crippen LogP) is 3.06. The molecule has 0 spiro atoms. The number of piperazine rings is 1. The molecule has 1 aromatic carbocycles. The zero-order chi connectivity index (χ0) is 23.8. The summed E-state index contributed by atoms with van der Waals surface area (Å²) in [7, 11) is -3.66. The van der Waals surface area contributed by atoms with Crippen LogP contribution in [0.3, 0.4) is 0 Å². The van der Waals surface area contributed by atoms with E-state index in [0.29, 0.717) is 0 Å². The van der Waals surface area contributed by atoms with Crippen LogP contribution in [0.2, 0.25) is 0 Å². The van der Waals surface area contributed by atoms with Crippen LogP contribution in [0.1, 0.15) is 48.9 Å². The number of aryl methyl sites for hydroxylation is 1. The fourth-order valence-corrected chi connectivity index (χ4v) is 5.43. The molecule has 1 saturated carbocycles. The van der Waals surface area contributed by atoms with Crippen molar-refractivity contribution in [3.63, 3.8) is 0 Å². The van der Waals surface area contributed by atoms with E-state index in [2.05, 4.69) is 12.0 Å². The van der Waals surface area contributed by atoms with Crippen LogP contribution in [0.15, 0.2) is 40.0 Å². The molecule has 0 bridgehead atoms. The number of rotatable bonds is 7. The lowest BCUT2D eigenvalue weighted by Crippen LogP contribution is -2.50. The highest BCUT2D eigenvalue weighted by Gasteiger charge is 2.38. The summed E-state index contributed by atoms with van der Waals surface area (Å²) in [5.74, 6) is -0.0383. The number of aromatic nitrogens is 2. The molecule has 2 aliphatic rings. The smallest absolute Gasteiger partial charge is 0.282 e. The van der Waals surface area contributed by atoms with Gasteiger partial charge in [-0.05, 0) is 43.0 Å². The second-order valence-electron chi connectivity index (χ2n) is 8.62. The summed E-state index contributed by atoms with van der Waals surface area (Å²) in [6.45, 7) is 2.89. The summed E-state index contributed by atoms with van der Waals surface area (Å²) >= 11 is 0. The van der Waals surface area contributed by atoms with E-state index in [0.717, 1.165) is 42.0 Å². The van der Waals surface area contributed by atoms with Gasteiger partial charge >= 0.3 is 6.18 Å². The monoisotopic (exact) mass is 484 g/mol. The molecule has 1 aromatic heterocycles. The van der Waals surface area contributed by atoms with Crippen LogP contribution >= 0.6 is 0 Å². The lowest BCUT2D eigenvalue weighted by molar-refractivity contribution is -0.139. The first-order valence-corrected chi connectivity index (χ1v) is 12.5. The molecule has 0 radical (unpaired) electrons. The third kappa shape index (κ3) is 5.30. The second kappa shape index (κ2) is 9.19. The largest absolute Gasteiger partial charge is 0.421 e. The first-order valence-electron chi connectivity index (χ1n) is 11.1. The van der Waals surface area contributed by atoms with Crippen LogP contribution in [0.4, 0.5) is 13.2 Å². The van der Waals surface area contributed by atoms with Crippen LogP contribution in [-0.2, 0) is 29.3 Å². The minimum atomic E-state index is -4.75. The Labute approximate surface area is 190 Å². The Bertz CT molecular complexity index is 1150. The van der Waals surface area contributed by atoms with Crippen LogP contribution in [-0.4, -0.2) is 53.6 Å². The van der Waals surface area contributed by atoms with Crippen molar-refractivity contribution in [2.24, 2.45) is 0 Å². The number of alkyl halides is 3. The van der Waals surface area contributed by atoms with Gasteiger partial charge in [0.1, 0.15) is 5.56 Å². The standard InChI is InChI=1S/C22H27F3N4O3S/c1-2-3-16-4-8-18(9-5-16)33(31,32)28-12-10-27(11-13-28)15-29-21(30)19(22(23,24)25)14-20(26-29)17-6-7-17/h4-5,8-9,14,17H,2-3,6-7,10-13,15H2,1H3. The molecule has 1 aliphatic carbocycles. The molecular formula is C22H27F3N4O3S. The molecule has 11 heteroatoms. The molecule has 33 heavy (non-hydrogen) atoms. The molecule has 0 unspecified atom stereocenters. The second-order valence-corrected chi connectivity index (χ2v) is 10.6. The number of benzene rings is 1. The van der Waals surface area contributed by atoms with Crippen molar-refractivity contribution in [2.75, 3.05) is 26.2 Å². The first kappa shape index (κ1) is 23.9. The third-order valence-electron chi connectivity index (χ3n) is 6.06. The van der Waals surface area contributed by atoms with E-state index in [4.69, 9.17) is 0 Å². The molecule has 2 fully saturated rings. The van der Waals surface area contributed by atoms with Gasteiger partial charge in [-0.25, -0.2) is 13.1 Å². The molecule has 2 aromatic rings.